The fourth-order valence-electron chi connectivity index (χ4n) is 2.88. The molecule has 1 aliphatic rings. The zero-order valence-electron chi connectivity index (χ0n) is 11.9. The van der Waals surface area contributed by atoms with Gasteiger partial charge in [-0.1, -0.05) is 13.8 Å². The summed E-state index contributed by atoms with van der Waals surface area (Å²) in [4.78, 5) is 16.0. The van der Waals surface area contributed by atoms with Gasteiger partial charge in [0.1, 0.15) is 0 Å². The zero-order valence-corrected chi connectivity index (χ0v) is 12.7. The highest BCUT2D eigenvalue weighted by Crippen LogP contribution is 2.29. The van der Waals surface area contributed by atoms with Crippen LogP contribution in [0.2, 0.25) is 0 Å². The highest BCUT2D eigenvalue weighted by Gasteiger charge is 2.27. The molecule has 0 saturated carbocycles. The van der Waals surface area contributed by atoms with Crippen LogP contribution in [0.1, 0.15) is 46.8 Å². The normalized spacial score (nSPS) is 20.2. The van der Waals surface area contributed by atoms with Gasteiger partial charge in [0.25, 0.3) is 5.91 Å². The predicted molar refractivity (Wildman–Crippen MR) is 79.0 cm³/mol. The number of nitrogens with two attached hydrogens (primary N) is 1. The van der Waals surface area contributed by atoms with Crippen molar-refractivity contribution in [2.45, 2.75) is 46.2 Å². The van der Waals surface area contributed by atoms with Gasteiger partial charge in [-0.3, -0.25) is 15.1 Å². The average Bonchev–Trinajstić information content (AvgIpc) is 2.96. The Balaban J connectivity index is 2.10. The van der Waals surface area contributed by atoms with Crippen LogP contribution in [0, 0.1) is 12.8 Å². The van der Waals surface area contributed by atoms with E-state index in [0.717, 1.165) is 13.1 Å². The van der Waals surface area contributed by atoms with Gasteiger partial charge < -0.3 is 0 Å². The van der Waals surface area contributed by atoms with Crippen LogP contribution in [0.3, 0.4) is 0 Å². The van der Waals surface area contributed by atoms with Gasteiger partial charge in [-0.05, 0) is 43.9 Å². The number of hydrazine groups is 1. The van der Waals surface area contributed by atoms with E-state index in [1.165, 1.54) is 34.6 Å². The second-order valence-corrected chi connectivity index (χ2v) is 6.85. The van der Waals surface area contributed by atoms with Crippen LogP contribution in [0.5, 0.6) is 0 Å². The molecule has 1 atom stereocenters. The molecule has 1 amide bonds. The summed E-state index contributed by atoms with van der Waals surface area (Å²) in [6.45, 7) is 8.76. The summed E-state index contributed by atoms with van der Waals surface area (Å²) in [5.41, 5.74) is 3.46. The van der Waals surface area contributed by atoms with Crippen molar-refractivity contribution < 1.29 is 4.79 Å². The molecule has 0 bridgehead atoms. The molecule has 1 fully saturated rings. The molecule has 2 rings (SSSR count). The molecule has 19 heavy (non-hydrogen) atoms. The number of carbonyl (C=O) groups is 1. The number of likely N-dealkylation sites (tertiary alicyclic amines) is 1. The Kier molecular flexibility index (Phi) is 4.60. The number of carbonyl (C=O) groups excluding carboxylic acids is 1. The quantitative estimate of drug-likeness (QED) is 0.506. The SMILES string of the molecule is Cc1sc(C(=O)NN)cc1CN1CCCC1C(C)C. The fourth-order valence-corrected chi connectivity index (χ4v) is 3.82. The van der Waals surface area contributed by atoms with Crippen LogP contribution in [0.25, 0.3) is 0 Å². The Morgan fingerprint density at radius 1 is 1.63 bits per heavy atom. The van der Waals surface area contributed by atoms with E-state index >= 15 is 0 Å². The first kappa shape index (κ1) is 14.5. The van der Waals surface area contributed by atoms with Gasteiger partial charge in [0.15, 0.2) is 0 Å². The Morgan fingerprint density at radius 3 is 3.00 bits per heavy atom. The molecule has 0 aliphatic carbocycles. The number of nitrogen functional groups attached to an aromatic ring is 1. The minimum absolute atomic E-state index is 0.193. The van der Waals surface area contributed by atoms with Crippen molar-refractivity contribution in [3.8, 4) is 0 Å². The molecule has 1 unspecified atom stereocenters. The number of aryl methyl sites for hydroxylation is 1. The second kappa shape index (κ2) is 6.03. The van der Waals surface area contributed by atoms with Gasteiger partial charge in [-0.2, -0.15) is 0 Å². The molecule has 1 aliphatic heterocycles. The molecule has 1 aromatic heterocycles. The number of hydrogen-bond acceptors (Lipinski definition) is 4. The molecule has 2 heterocycles. The van der Waals surface area contributed by atoms with Gasteiger partial charge in [-0.25, -0.2) is 5.84 Å². The van der Waals surface area contributed by atoms with Crippen LogP contribution < -0.4 is 11.3 Å². The summed E-state index contributed by atoms with van der Waals surface area (Å²) in [7, 11) is 0. The minimum Gasteiger partial charge on any atom is -0.296 e. The van der Waals surface area contributed by atoms with Crippen molar-refractivity contribution in [2.75, 3.05) is 6.54 Å². The number of nitrogens with zero attached hydrogens (tertiary/aromatic N) is 1. The third-order valence-electron chi connectivity index (χ3n) is 3.93. The maximum atomic E-state index is 11.5. The van der Waals surface area contributed by atoms with Crippen molar-refractivity contribution in [1.29, 1.82) is 0 Å². The fraction of sp³-hybridized carbons (Fsp3) is 0.643. The maximum absolute atomic E-state index is 11.5. The highest BCUT2D eigenvalue weighted by molar-refractivity contribution is 7.14. The van der Waals surface area contributed by atoms with Crippen LogP contribution >= 0.6 is 11.3 Å². The lowest BCUT2D eigenvalue weighted by Gasteiger charge is -2.27. The van der Waals surface area contributed by atoms with Crippen molar-refractivity contribution in [3.63, 3.8) is 0 Å². The monoisotopic (exact) mass is 281 g/mol. The lowest BCUT2D eigenvalue weighted by molar-refractivity contribution is 0.0957. The number of thiophene rings is 1. The standard InChI is InChI=1S/C14H23N3OS/c1-9(2)12-5-4-6-17(12)8-11-7-13(14(18)16-15)19-10(11)3/h7,9,12H,4-6,8,15H2,1-3H3,(H,16,18). The predicted octanol–water partition coefficient (Wildman–Crippen LogP) is 2.28. The van der Waals surface area contributed by atoms with Gasteiger partial charge in [0.05, 0.1) is 4.88 Å². The van der Waals surface area contributed by atoms with E-state index in [9.17, 15) is 4.79 Å². The van der Waals surface area contributed by atoms with E-state index in [-0.39, 0.29) is 5.91 Å². The molecule has 106 valence electrons. The first-order valence-corrected chi connectivity index (χ1v) is 7.69. The van der Waals surface area contributed by atoms with Crippen LogP contribution in [0.15, 0.2) is 6.07 Å². The van der Waals surface area contributed by atoms with E-state index in [0.29, 0.717) is 16.8 Å². The number of nitrogens with one attached hydrogen (secondary N) is 1. The largest absolute Gasteiger partial charge is 0.296 e. The van der Waals surface area contributed by atoms with E-state index in [4.69, 9.17) is 5.84 Å². The second-order valence-electron chi connectivity index (χ2n) is 5.59. The molecule has 4 nitrogen and oxygen atoms in total. The highest BCUT2D eigenvalue weighted by atomic mass is 32.1. The molecular weight excluding hydrogens is 258 g/mol. The Labute approximate surface area is 118 Å². The summed E-state index contributed by atoms with van der Waals surface area (Å²) in [6, 6.07) is 2.66. The summed E-state index contributed by atoms with van der Waals surface area (Å²) in [6.07, 6.45) is 2.57. The molecule has 0 spiro atoms. The molecule has 0 radical (unpaired) electrons. The zero-order chi connectivity index (χ0) is 14.0. The molecule has 0 aromatic carbocycles. The first-order chi connectivity index (χ1) is 9.02. The van der Waals surface area contributed by atoms with Crippen LogP contribution in [-0.4, -0.2) is 23.4 Å². The Bertz CT molecular complexity index is 456. The van der Waals surface area contributed by atoms with Gasteiger partial charge in [-0.15, -0.1) is 11.3 Å². The molecule has 3 N–H and O–H groups in total. The number of rotatable bonds is 4. The molecule has 1 aromatic rings. The summed E-state index contributed by atoms with van der Waals surface area (Å²) >= 11 is 1.52. The Hall–Kier alpha value is -0.910. The lowest BCUT2D eigenvalue weighted by atomic mass is 10.0. The van der Waals surface area contributed by atoms with Gasteiger partial charge in [0.2, 0.25) is 0 Å². The van der Waals surface area contributed by atoms with Crippen LogP contribution in [0.4, 0.5) is 0 Å². The van der Waals surface area contributed by atoms with E-state index < -0.39 is 0 Å². The molecular formula is C14H23N3OS. The van der Waals surface area contributed by atoms with Gasteiger partial charge >= 0.3 is 0 Å². The first-order valence-electron chi connectivity index (χ1n) is 6.87. The van der Waals surface area contributed by atoms with Crippen molar-refractivity contribution in [1.82, 2.24) is 10.3 Å². The number of hydrogen-bond donors (Lipinski definition) is 2. The van der Waals surface area contributed by atoms with E-state index in [1.54, 1.807) is 0 Å². The third-order valence-corrected chi connectivity index (χ3v) is 5.02. The van der Waals surface area contributed by atoms with Crippen LogP contribution in [-0.2, 0) is 6.54 Å². The smallest absolute Gasteiger partial charge is 0.275 e. The Morgan fingerprint density at radius 2 is 2.37 bits per heavy atom. The number of amides is 1. The summed E-state index contributed by atoms with van der Waals surface area (Å²) < 4.78 is 0. The molecule has 5 heteroatoms. The van der Waals surface area contributed by atoms with Crippen molar-refractivity contribution in [3.05, 3.63) is 21.4 Å². The van der Waals surface area contributed by atoms with Crippen molar-refractivity contribution in [2.24, 2.45) is 11.8 Å². The van der Waals surface area contributed by atoms with Gasteiger partial charge in [0, 0.05) is 17.5 Å². The third kappa shape index (κ3) is 3.16. The van der Waals surface area contributed by atoms with Crippen molar-refractivity contribution >= 4 is 17.2 Å². The molecule has 1 saturated heterocycles. The topological polar surface area (TPSA) is 58.4 Å². The van der Waals surface area contributed by atoms with E-state index in [2.05, 4.69) is 31.1 Å². The lowest BCUT2D eigenvalue weighted by Crippen LogP contribution is -2.33. The summed E-state index contributed by atoms with van der Waals surface area (Å²) in [5.74, 6) is 5.68. The van der Waals surface area contributed by atoms with E-state index in [1.807, 2.05) is 6.07 Å². The maximum Gasteiger partial charge on any atom is 0.275 e. The summed E-state index contributed by atoms with van der Waals surface area (Å²) in [5, 5.41) is 0. The average molecular weight is 281 g/mol. The minimum atomic E-state index is -0.193.